The second kappa shape index (κ2) is 8.98. The highest BCUT2D eigenvalue weighted by molar-refractivity contribution is 5.95. The van der Waals surface area contributed by atoms with Gasteiger partial charge in [0.25, 0.3) is 0 Å². The minimum Gasteiger partial charge on any atom is -0.326 e. The highest BCUT2D eigenvalue weighted by atomic mass is 16.2. The third kappa shape index (κ3) is 5.67. The van der Waals surface area contributed by atoms with E-state index in [1.54, 1.807) is 29.2 Å². The molecule has 0 spiro atoms. The van der Waals surface area contributed by atoms with Crippen LogP contribution in [0.4, 0.5) is 17.1 Å². The van der Waals surface area contributed by atoms with Gasteiger partial charge in [-0.3, -0.25) is 14.4 Å². The molecule has 0 unspecified atom stereocenters. The molecule has 2 N–H and O–H groups in total. The number of hydrogen-bond donors (Lipinski definition) is 2. The van der Waals surface area contributed by atoms with E-state index >= 15 is 0 Å². The summed E-state index contributed by atoms with van der Waals surface area (Å²) >= 11 is 0. The first-order valence-electron chi connectivity index (χ1n) is 8.79. The lowest BCUT2D eigenvalue weighted by molar-refractivity contribution is -0.117. The maximum Gasteiger partial charge on any atom is 0.226 e. The number of carbonyl (C=O) groups excluding carboxylic acids is 3. The Hall–Kier alpha value is -3.15. The number of nitrogens with one attached hydrogen (secondary N) is 2. The molecule has 3 amide bonds. The van der Waals surface area contributed by atoms with Gasteiger partial charge in [-0.2, -0.15) is 0 Å². The van der Waals surface area contributed by atoms with Crippen LogP contribution in [-0.2, 0) is 14.4 Å². The minimum atomic E-state index is -0.158. The van der Waals surface area contributed by atoms with Crippen molar-refractivity contribution in [2.45, 2.75) is 34.1 Å². The summed E-state index contributed by atoms with van der Waals surface area (Å²) in [4.78, 5) is 36.9. The molecule has 6 heteroatoms. The first-order chi connectivity index (χ1) is 12.8. The molecule has 0 radical (unpaired) electrons. The van der Waals surface area contributed by atoms with Crippen LogP contribution in [0.1, 0.15) is 31.4 Å². The first kappa shape index (κ1) is 20.2. The fraction of sp³-hybridized carbons (Fsp3) is 0.286. The Morgan fingerprint density at radius 2 is 1.59 bits per heavy atom. The van der Waals surface area contributed by atoms with E-state index in [-0.39, 0.29) is 30.7 Å². The molecule has 2 rings (SSSR count). The van der Waals surface area contributed by atoms with E-state index in [9.17, 15) is 14.4 Å². The zero-order valence-corrected chi connectivity index (χ0v) is 16.1. The Kier molecular flexibility index (Phi) is 6.71. The highest BCUT2D eigenvalue weighted by Gasteiger charge is 2.14. The van der Waals surface area contributed by atoms with Crippen molar-refractivity contribution in [2.24, 2.45) is 0 Å². The smallest absolute Gasteiger partial charge is 0.226 e. The molecule has 0 saturated heterocycles. The topological polar surface area (TPSA) is 78.5 Å². The van der Waals surface area contributed by atoms with Gasteiger partial charge in [0.15, 0.2) is 0 Å². The fourth-order valence-corrected chi connectivity index (χ4v) is 2.71. The SMILES string of the molecule is CC(=O)Nc1ccc(N(CCC(=O)Nc2cccc(C)c2C)C(C)=O)cc1. The molecule has 0 aliphatic rings. The van der Waals surface area contributed by atoms with Crippen LogP contribution in [0.2, 0.25) is 0 Å². The van der Waals surface area contributed by atoms with E-state index < -0.39 is 0 Å². The van der Waals surface area contributed by atoms with Crippen molar-refractivity contribution >= 4 is 34.8 Å². The zero-order chi connectivity index (χ0) is 20.0. The lowest BCUT2D eigenvalue weighted by Crippen LogP contribution is -2.32. The van der Waals surface area contributed by atoms with Crippen LogP contribution in [0.15, 0.2) is 42.5 Å². The van der Waals surface area contributed by atoms with Crippen LogP contribution in [0.25, 0.3) is 0 Å². The number of amides is 3. The molecule has 0 aliphatic carbocycles. The average Bonchev–Trinajstić information content (AvgIpc) is 2.60. The lowest BCUT2D eigenvalue weighted by atomic mass is 10.1. The monoisotopic (exact) mass is 367 g/mol. The van der Waals surface area contributed by atoms with Crippen LogP contribution in [-0.4, -0.2) is 24.3 Å². The number of hydrogen-bond acceptors (Lipinski definition) is 3. The van der Waals surface area contributed by atoms with Crippen LogP contribution in [0.3, 0.4) is 0 Å². The third-order valence-electron chi connectivity index (χ3n) is 4.32. The van der Waals surface area contributed by atoms with Gasteiger partial charge >= 0.3 is 0 Å². The van der Waals surface area contributed by atoms with Crippen LogP contribution >= 0.6 is 0 Å². The Bertz CT molecular complexity index is 844. The van der Waals surface area contributed by atoms with Crippen molar-refractivity contribution in [3.8, 4) is 0 Å². The molecule has 142 valence electrons. The van der Waals surface area contributed by atoms with Gasteiger partial charge in [-0.25, -0.2) is 0 Å². The Morgan fingerprint density at radius 3 is 2.19 bits per heavy atom. The van der Waals surface area contributed by atoms with E-state index in [1.807, 2.05) is 32.0 Å². The number of anilines is 3. The second-order valence-electron chi connectivity index (χ2n) is 6.44. The predicted octanol–water partition coefficient (Wildman–Crippen LogP) is 3.64. The summed E-state index contributed by atoms with van der Waals surface area (Å²) in [5, 5.41) is 5.58. The molecular weight excluding hydrogens is 342 g/mol. The molecule has 6 nitrogen and oxygen atoms in total. The van der Waals surface area contributed by atoms with E-state index in [1.165, 1.54) is 13.8 Å². The standard InChI is InChI=1S/C21H25N3O3/c1-14-6-5-7-20(15(14)2)23-21(27)12-13-24(17(4)26)19-10-8-18(9-11-19)22-16(3)25/h5-11H,12-13H2,1-4H3,(H,22,25)(H,23,27). The molecule has 2 aromatic carbocycles. The maximum absolute atomic E-state index is 12.3. The van der Waals surface area contributed by atoms with Gasteiger partial charge in [-0.15, -0.1) is 0 Å². The molecule has 0 saturated carbocycles. The fourth-order valence-electron chi connectivity index (χ4n) is 2.71. The van der Waals surface area contributed by atoms with Gasteiger partial charge in [-0.1, -0.05) is 12.1 Å². The summed E-state index contributed by atoms with van der Waals surface area (Å²) < 4.78 is 0. The van der Waals surface area contributed by atoms with Crippen LogP contribution < -0.4 is 15.5 Å². The summed E-state index contributed by atoms with van der Waals surface area (Å²) in [7, 11) is 0. The Morgan fingerprint density at radius 1 is 0.926 bits per heavy atom. The normalized spacial score (nSPS) is 10.2. The number of nitrogens with zero attached hydrogens (tertiary/aromatic N) is 1. The largest absolute Gasteiger partial charge is 0.326 e. The summed E-state index contributed by atoms with van der Waals surface area (Å²) in [5.41, 5.74) is 4.26. The number of aryl methyl sites for hydroxylation is 1. The summed E-state index contributed by atoms with van der Waals surface area (Å²) in [6.07, 6.45) is 0.181. The van der Waals surface area contributed by atoms with Crippen molar-refractivity contribution in [1.82, 2.24) is 0 Å². The number of benzene rings is 2. The molecule has 0 fully saturated rings. The Balaban J connectivity index is 2.01. The molecule has 0 aromatic heterocycles. The van der Waals surface area contributed by atoms with E-state index in [4.69, 9.17) is 0 Å². The van der Waals surface area contributed by atoms with Crippen molar-refractivity contribution in [2.75, 3.05) is 22.1 Å². The second-order valence-corrected chi connectivity index (χ2v) is 6.44. The molecule has 0 aliphatic heterocycles. The van der Waals surface area contributed by atoms with Crippen molar-refractivity contribution in [3.05, 3.63) is 53.6 Å². The third-order valence-corrected chi connectivity index (χ3v) is 4.32. The molecule has 0 bridgehead atoms. The molecule has 27 heavy (non-hydrogen) atoms. The van der Waals surface area contributed by atoms with Gasteiger partial charge in [0, 0.05) is 43.9 Å². The van der Waals surface area contributed by atoms with E-state index in [2.05, 4.69) is 10.6 Å². The molecular formula is C21H25N3O3. The molecule has 0 heterocycles. The quantitative estimate of drug-likeness (QED) is 0.818. The molecule has 2 aromatic rings. The van der Waals surface area contributed by atoms with Gasteiger partial charge in [0.2, 0.25) is 17.7 Å². The van der Waals surface area contributed by atoms with E-state index in [0.29, 0.717) is 11.4 Å². The summed E-state index contributed by atoms with van der Waals surface area (Å²) in [6.45, 7) is 7.12. The van der Waals surface area contributed by atoms with Crippen molar-refractivity contribution in [3.63, 3.8) is 0 Å². The minimum absolute atomic E-state index is 0.148. The number of carbonyl (C=O) groups is 3. The van der Waals surface area contributed by atoms with Gasteiger partial charge in [0.05, 0.1) is 0 Å². The summed E-state index contributed by atoms with van der Waals surface area (Å²) in [6, 6.07) is 12.7. The summed E-state index contributed by atoms with van der Waals surface area (Å²) in [5.74, 6) is -0.457. The number of rotatable bonds is 6. The Labute approximate surface area is 159 Å². The van der Waals surface area contributed by atoms with Crippen molar-refractivity contribution in [1.29, 1.82) is 0 Å². The van der Waals surface area contributed by atoms with Gasteiger partial charge in [-0.05, 0) is 55.3 Å². The maximum atomic E-state index is 12.3. The predicted molar refractivity (Wildman–Crippen MR) is 108 cm³/mol. The molecule has 0 atom stereocenters. The first-order valence-corrected chi connectivity index (χ1v) is 8.79. The van der Waals surface area contributed by atoms with Gasteiger partial charge in [0.1, 0.15) is 0 Å². The lowest BCUT2D eigenvalue weighted by Gasteiger charge is -2.21. The highest BCUT2D eigenvalue weighted by Crippen LogP contribution is 2.20. The van der Waals surface area contributed by atoms with Crippen LogP contribution in [0.5, 0.6) is 0 Å². The zero-order valence-electron chi connectivity index (χ0n) is 16.1. The average molecular weight is 367 g/mol. The van der Waals surface area contributed by atoms with E-state index in [0.717, 1.165) is 16.8 Å². The van der Waals surface area contributed by atoms with Crippen molar-refractivity contribution < 1.29 is 14.4 Å². The van der Waals surface area contributed by atoms with Gasteiger partial charge < -0.3 is 15.5 Å². The van der Waals surface area contributed by atoms with Crippen LogP contribution in [0, 0.1) is 13.8 Å².